The maximum atomic E-state index is 12.5. The Bertz CT molecular complexity index is 966. The number of aromatic hydroxyl groups is 1. The Morgan fingerprint density at radius 1 is 1.07 bits per heavy atom. The second-order valence-corrected chi connectivity index (χ2v) is 7.57. The van der Waals surface area contributed by atoms with Gasteiger partial charge in [0.15, 0.2) is 0 Å². The third-order valence-electron chi connectivity index (χ3n) is 5.54. The van der Waals surface area contributed by atoms with E-state index in [2.05, 4.69) is 16.3 Å². The van der Waals surface area contributed by atoms with E-state index >= 15 is 0 Å². The van der Waals surface area contributed by atoms with Crippen LogP contribution in [0.3, 0.4) is 0 Å². The van der Waals surface area contributed by atoms with Crippen LogP contribution in [0.5, 0.6) is 5.75 Å². The smallest absolute Gasteiger partial charge is 0.238 e. The van der Waals surface area contributed by atoms with E-state index < -0.39 is 0 Å². The summed E-state index contributed by atoms with van der Waals surface area (Å²) in [5.74, 6) is 0.280. The molecular formula is C23H25N3O3. The highest BCUT2D eigenvalue weighted by atomic mass is 16.3. The lowest BCUT2D eigenvalue weighted by Crippen LogP contribution is -2.36. The fraction of sp³-hybridized carbons (Fsp3) is 0.304. The molecule has 6 heteroatoms. The molecule has 2 amide bonds. The van der Waals surface area contributed by atoms with Crippen LogP contribution in [0, 0.1) is 0 Å². The summed E-state index contributed by atoms with van der Waals surface area (Å²) in [5.41, 5.74) is 5.17. The topological polar surface area (TPSA) is 72.9 Å². The summed E-state index contributed by atoms with van der Waals surface area (Å²) < 4.78 is 0. The summed E-state index contributed by atoms with van der Waals surface area (Å²) in [6.45, 7) is 4.16. The van der Waals surface area contributed by atoms with Crippen molar-refractivity contribution in [2.75, 3.05) is 36.4 Å². The molecule has 0 aromatic heterocycles. The van der Waals surface area contributed by atoms with Crippen LogP contribution >= 0.6 is 0 Å². The fourth-order valence-electron chi connectivity index (χ4n) is 4.00. The average Bonchev–Trinajstić information content (AvgIpc) is 3.13. The minimum Gasteiger partial charge on any atom is -0.508 e. The minimum absolute atomic E-state index is 0.0344. The monoisotopic (exact) mass is 391 g/mol. The quantitative estimate of drug-likeness (QED) is 0.840. The normalized spacial score (nSPS) is 16.3. The van der Waals surface area contributed by atoms with E-state index in [0.717, 1.165) is 48.4 Å². The summed E-state index contributed by atoms with van der Waals surface area (Å²) in [4.78, 5) is 28.0. The van der Waals surface area contributed by atoms with Gasteiger partial charge in [-0.3, -0.25) is 14.5 Å². The molecule has 150 valence electrons. The summed E-state index contributed by atoms with van der Waals surface area (Å²) in [7, 11) is 0. The van der Waals surface area contributed by atoms with Crippen molar-refractivity contribution in [1.82, 2.24) is 4.90 Å². The minimum atomic E-state index is -0.0344. The van der Waals surface area contributed by atoms with Gasteiger partial charge in [-0.05, 0) is 59.9 Å². The standard InChI is InChI=1S/C23H25N3O3/c1-16(27)26-13-10-19-14-20(4-7-22(19)26)24-23(29)15-25-11-8-18(9-12-25)17-2-5-21(28)6-3-17/h2-8,14,28H,9-13,15H2,1H3,(H,24,29). The highest BCUT2D eigenvalue weighted by Gasteiger charge is 2.22. The lowest BCUT2D eigenvalue weighted by molar-refractivity contribution is -0.117. The summed E-state index contributed by atoms with van der Waals surface area (Å²) >= 11 is 0. The molecule has 0 saturated heterocycles. The van der Waals surface area contributed by atoms with Crippen molar-refractivity contribution in [3.05, 3.63) is 59.7 Å². The molecule has 0 radical (unpaired) electrons. The van der Waals surface area contributed by atoms with Crippen LogP contribution in [0.4, 0.5) is 11.4 Å². The van der Waals surface area contributed by atoms with Crippen molar-refractivity contribution in [1.29, 1.82) is 0 Å². The number of benzene rings is 2. The lowest BCUT2D eigenvalue weighted by Gasteiger charge is -2.26. The molecule has 2 aliphatic heterocycles. The fourth-order valence-corrected chi connectivity index (χ4v) is 4.00. The Kier molecular flexibility index (Phi) is 5.36. The number of carbonyl (C=O) groups is 2. The van der Waals surface area contributed by atoms with Crippen molar-refractivity contribution in [2.45, 2.75) is 19.8 Å². The molecule has 6 nitrogen and oxygen atoms in total. The molecule has 0 saturated carbocycles. The lowest BCUT2D eigenvalue weighted by atomic mass is 9.99. The van der Waals surface area contributed by atoms with Gasteiger partial charge in [-0.1, -0.05) is 18.2 Å². The molecule has 0 unspecified atom stereocenters. The van der Waals surface area contributed by atoms with Gasteiger partial charge in [-0.15, -0.1) is 0 Å². The maximum Gasteiger partial charge on any atom is 0.238 e. The van der Waals surface area contributed by atoms with Gasteiger partial charge in [-0.2, -0.15) is 0 Å². The zero-order valence-corrected chi connectivity index (χ0v) is 16.5. The number of hydrogen-bond acceptors (Lipinski definition) is 4. The Balaban J connectivity index is 1.33. The van der Waals surface area contributed by atoms with E-state index in [9.17, 15) is 14.7 Å². The number of anilines is 2. The largest absolute Gasteiger partial charge is 0.508 e. The molecule has 0 bridgehead atoms. The Morgan fingerprint density at radius 3 is 2.55 bits per heavy atom. The number of hydrogen-bond donors (Lipinski definition) is 2. The van der Waals surface area contributed by atoms with E-state index in [1.165, 1.54) is 5.57 Å². The number of fused-ring (bicyclic) bond motifs is 1. The molecule has 2 aromatic carbocycles. The Hall–Kier alpha value is -3.12. The summed E-state index contributed by atoms with van der Waals surface area (Å²) in [5, 5.41) is 12.4. The third-order valence-corrected chi connectivity index (χ3v) is 5.54. The van der Waals surface area contributed by atoms with Crippen LogP contribution in [-0.4, -0.2) is 48.0 Å². The van der Waals surface area contributed by atoms with Gasteiger partial charge in [0.2, 0.25) is 11.8 Å². The first-order chi connectivity index (χ1) is 14.0. The highest BCUT2D eigenvalue weighted by molar-refractivity contribution is 5.96. The molecule has 29 heavy (non-hydrogen) atoms. The van der Waals surface area contributed by atoms with Crippen molar-refractivity contribution in [2.24, 2.45) is 0 Å². The van der Waals surface area contributed by atoms with E-state index in [4.69, 9.17) is 0 Å². The first kappa shape index (κ1) is 19.2. The molecule has 2 N–H and O–H groups in total. The van der Waals surface area contributed by atoms with Gasteiger partial charge in [0.1, 0.15) is 5.75 Å². The van der Waals surface area contributed by atoms with E-state index in [-0.39, 0.29) is 17.6 Å². The first-order valence-corrected chi connectivity index (χ1v) is 9.91. The average molecular weight is 391 g/mol. The van der Waals surface area contributed by atoms with Crippen molar-refractivity contribution in [3.63, 3.8) is 0 Å². The number of phenolic OH excluding ortho intramolecular Hbond substituents is 1. The van der Waals surface area contributed by atoms with E-state index in [1.807, 2.05) is 30.3 Å². The van der Waals surface area contributed by atoms with Crippen molar-refractivity contribution >= 4 is 28.8 Å². The molecular weight excluding hydrogens is 366 g/mol. The van der Waals surface area contributed by atoms with E-state index in [0.29, 0.717) is 13.1 Å². The molecule has 0 atom stereocenters. The number of rotatable bonds is 4. The zero-order valence-electron chi connectivity index (χ0n) is 16.5. The van der Waals surface area contributed by atoms with Crippen LogP contribution in [-0.2, 0) is 16.0 Å². The van der Waals surface area contributed by atoms with Gasteiger partial charge in [0.05, 0.1) is 6.54 Å². The third kappa shape index (κ3) is 4.32. The zero-order chi connectivity index (χ0) is 20.4. The summed E-state index contributed by atoms with van der Waals surface area (Å²) in [6.07, 6.45) is 3.84. The number of nitrogens with zero attached hydrogens (tertiary/aromatic N) is 2. The van der Waals surface area contributed by atoms with E-state index in [1.54, 1.807) is 24.0 Å². The van der Waals surface area contributed by atoms with Gasteiger partial charge < -0.3 is 15.3 Å². The molecule has 0 fully saturated rings. The van der Waals surface area contributed by atoms with Gasteiger partial charge in [-0.25, -0.2) is 0 Å². The second kappa shape index (κ2) is 8.09. The van der Waals surface area contributed by atoms with Crippen molar-refractivity contribution < 1.29 is 14.7 Å². The predicted molar refractivity (Wildman–Crippen MR) is 114 cm³/mol. The van der Waals surface area contributed by atoms with Crippen LogP contribution in [0.2, 0.25) is 0 Å². The molecule has 2 heterocycles. The predicted octanol–water partition coefficient (Wildman–Crippen LogP) is 3.03. The maximum absolute atomic E-state index is 12.5. The van der Waals surface area contributed by atoms with Crippen LogP contribution in [0.15, 0.2) is 48.5 Å². The SMILES string of the molecule is CC(=O)N1CCc2cc(NC(=O)CN3CC=C(c4ccc(O)cc4)CC3)ccc21. The Morgan fingerprint density at radius 2 is 1.86 bits per heavy atom. The number of nitrogens with one attached hydrogen (secondary N) is 1. The molecule has 2 aliphatic rings. The Labute approximate surface area is 170 Å². The number of amides is 2. The van der Waals surface area contributed by atoms with Crippen molar-refractivity contribution in [3.8, 4) is 5.75 Å². The first-order valence-electron chi connectivity index (χ1n) is 9.91. The summed E-state index contributed by atoms with van der Waals surface area (Å²) in [6, 6.07) is 13.0. The molecule has 0 spiro atoms. The molecule has 2 aromatic rings. The molecule has 4 rings (SSSR count). The van der Waals surface area contributed by atoms with Crippen LogP contribution in [0.1, 0.15) is 24.5 Å². The van der Waals surface area contributed by atoms with Crippen LogP contribution in [0.25, 0.3) is 5.57 Å². The van der Waals surface area contributed by atoms with Gasteiger partial charge in [0, 0.05) is 37.9 Å². The highest BCUT2D eigenvalue weighted by Crippen LogP contribution is 2.30. The second-order valence-electron chi connectivity index (χ2n) is 7.57. The van der Waals surface area contributed by atoms with Crippen LogP contribution < -0.4 is 10.2 Å². The van der Waals surface area contributed by atoms with Gasteiger partial charge >= 0.3 is 0 Å². The van der Waals surface area contributed by atoms with Gasteiger partial charge in [0.25, 0.3) is 0 Å². The number of phenols is 1. The molecule has 0 aliphatic carbocycles. The number of carbonyl (C=O) groups excluding carboxylic acids is 2.